The van der Waals surface area contributed by atoms with E-state index in [4.69, 9.17) is 14.2 Å². The summed E-state index contributed by atoms with van der Waals surface area (Å²) in [6.07, 6.45) is 0.995. The van der Waals surface area contributed by atoms with E-state index in [-0.39, 0.29) is 12.4 Å². The molecule has 0 saturated heterocycles. The first-order chi connectivity index (χ1) is 10.8. The Kier molecular flexibility index (Phi) is 6.56. The van der Waals surface area contributed by atoms with Crippen molar-refractivity contribution in [3.63, 3.8) is 0 Å². The van der Waals surface area contributed by atoms with E-state index >= 15 is 0 Å². The highest BCUT2D eigenvalue weighted by Crippen LogP contribution is 2.30. The lowest BCUT2D eigenvalue weighted by atomic mass is 10.1. The summed E-state index contributed by atoms with van der Waals surface area (Å²) < 4.78 is 16.3. The Morgan fingerprint density at radius 3 is 2.39 bits per heavy atom. The molecule has 0 saturated carbocycles. The molecule has 4 nitrogen and oxygen atoms in total. The van der Waals surface area contributed by atoms with Gasteiger partial charge in [0, 0.05) is 6.54 Å². The number of benzene rings is 2. The van der Waals surface area contributed by atoms with Gasteiger partial charge < -0.3 is 19.5 Å². The SMILES string of the molecule is COc1ccc(CCNCc2ccc3c(c2)OCCO3)cc1.Cl. The maximum atomic E-state index is 5.60. The van der Waals surface area contributed by atoms with Crippen molar-refractivity contribution in [1.29, 1.82) is 0 Å². The summed E-state index contributed by atoms with van der Waals surface area (Å²) in [6.45, 7) is 3.02. The van der Waals surface area contributed by atoms with Crippen molar-refractivity contribution in [3.05, 3.63) is 53.6 Å². The van der Waals surface area contributed by atoms with Crippen molar-refractivity contribution in [2.24, 2.45) is 0 Å². The Bertz CT molecular complexity index is 616. The lowest BCUT2D eigenvalue weighted by Crippen LogP contribution is -2.18. The largest absolute Gasteiger partial charge is 0.497 e. The Hall–Kier alpha value is -1.91. The van der Waals surface area contributed by atoms with Crippen LogP contribution in [0.5, 0.6) is 17.2 Å². The molecule has 0 radical (unpaired) electrons. The smallest absolute Gasteiger partial charge is 0.161 e. The van der Waals surface area contributed by atoms with Crippen LogP contribution >= 0.6 is 12.4 Å². The molecule has 1 aliphatic heterocycles. The highest BCUT2D eigenvalue weighted by Gasteiger charge is 2.11. The van der Waals surface area contributed by atoms with Crippen LogP contribution in [0.3, 0.4) is 0 Å². The van der Waals surface area contributed by atoms with Gasteiger partial charge in [0.1, 0.15) is 19.0 Å². The molecule has 1 heterocycles. The van der Waals surface area contributed by atoms with E-state index in [0.29, 0.717) is 13.2 Å². The second kappa shape index (κ2) is 8.65. The molecular formula is C18H22ClNO3. The van der Waals surface area contributed by atoms with E-state index < -0.39 is 0 Å². The summed E-state index contributed by atoms with van der Waals surface area (Å²) in [5.41, 5.74) is 2.51. The van der Waals surface area contributed by atoms with Gasteiger partial charge in [-0.25, -0.2) is 0 Å². The van der Waals surface area contributed by atoms with Crippen molar-refractivity contribution in [2.45, 2.75) is 13.0 Å². The van der Waals surface area contributed by atoms with E-state index in [2.05, 4.69) is 29.6 Å². The lowest BCUT2D eigenvalue weighted by molar-refractivity contribution is 0.171. The van der Waals surface area contributed by atoms with Gasteiger partial charge in [0.25, 0.3) is 0 Å². The fraction of sp³-hybridized carbons (Fsp3) is 0.333. The maximum absolute atomic E-state index is 5.60. The molecule has 0 spiro atoms. The second-order valence-corrected chi connectivity index (χ2v) is 5.25. The number of halogens is 1. The van der Waals surface area contributed by atoms with E-state index in [1.54, 1.807) is 7.11 Å². The molecule has 0 unspecified atom stereocenters. The van der Waals surface area contributed by atoms with Gasteiger partial charge in [-0.1, -0.05) is 18.2 Å². The minimum atomic E-state index is 0. The number of hydrogen-bond acceptors (Lipinski definition) is 4. The molecular weight excluding hydrogens is 314 g/mol. The van der Waals surface area contributed by atoms with Crippen molar-refractivity contribution in [3.8, 4) is 17.2 Å². The molecule has 0 fully saturated rings. The van der Waals surface area contributed by atoms with Crippen LogP contribution in [-0.4, -0.2) is 26.9 Å². The van der Waals surface area contributed by atoms with Crippen LogP contribution in [0.15, 0.2) is 42.5 Å². The van der Waals surface area contributed by atoms with Crippen molar-refractivity contribution in [1.82, 2.24) is 5.32 Å². The number of ether oxygens (including phenoxy) is 3. The van der Waals surface area contributed by atoms with Crippen LogP contribution in [0.1, 0.15) is 11.1 Å². The van der Waals surface area contributed by atoms with E-state index in [1.807, 2.05) is 18.2 Å². The number of hydrogen-bond donors (Lipinski definition) is 1. The molecule has 23 heavy (non-hydrogen) atoms. The molecule has 0 atom stereocenters. The Morgan fingerprint density at radius 1 is 0.957 bits per heavy atom. The van der Waals surface area contributed by atoms with E-state index in [0.717, 1.165) is 36.8 Å². The van der Waals surface area contributed by atoms with Gasteiger partial charge in [0.15, 0.2) is 11.5 Å². The summed E-state index contributed by atoms with van der Waals surface area (Å²) in [5, 5.41) is 3.46. The quantitative estimate of drug-likeness (QED) is 0.823. The third-order valence-electron chi connectivity index (χ3n) is 3.69. The van der Waals surface area contributed by atoms with Gasteiger partial charge in [-0.15, -0.1) is 12.4 Å². The van der Waals surface area contributed by atoms with Gasteiger partial charge in [0.2, 0.25) is 0 Å². The van der Waals surface area contributed by atoms with Crippen LogP contribution in [0, 0.1) is 0 Å². The Balaban J connectivity index is 0.00000192. The van der Waals surface area contributed by atoms with Crippen molar-refractivity contribution >= 4 is 12.4 Å². The number of methoxy groups -OCH3 is 1. The van der Waals surface area contributed by atoms with Gasteiger partial charge in [-0.3, -0.25) is 0 Å². The summed E-state index contributed by atoms with van der Waals surface area (Å²) >= 11 is 0. The minimum absolute atomic E-state index is 0. The fourth-order valence-electron chi connectivity index (χ4n) is 2.46. The average molecular weight is 336 g/mol. The van der Waals surface area contributed by atoms with E-state index in [9.17, 15) is 0 Å². The van der Waals surface area contributed by atoms with Crippen LogP contribution in [0.25, 0.3) is 0 Å². The molecule has 0 aliphatic carbocycles. The summed E-state index contributed by atoms with van der Waals surface area (Å²) in [4.78, 5) is 0. The third kappa shape index (κ3) is 4.78. The summed E-state index contributed by atoms with van der Waals surface area (Å²) in [7, 11) is 1.68. The topological polar surface area (TPSA) is 39.7 Å². The zero-order chi connectivity index (χ0) is 15.2. The third-order valence-corrected chi connectivity index (χ3v) is 3.69. The van der Waals surface area contributed by atoms with E-state index in [1.165, 1.54) is 11.1 Å². The fourth-order valence-corrected chi connectivity index (χ4v) is 2.46. The van der Waals surface area contributed by atoms with Crippen molar-refractivity contribution < 1.29 is 14.2 Å². The van der Waals surface area contributed by atoms with Gasteiger partial charge in [-0.2, -0.15) is 0 Å². The number of fused-ring (bicyclic) bond motifs is 1. The van der Waals surface area contributed by atoms with Crippen molar-refractivity contribution in [2.75, 3.05) is 26.9 Å². The molecule has 0 aromatic heterocycles. The molecule has 0 bridgehead atoms. The molecule has 1 aliphatic rings. The predicted molar refractivity (Wildman–Crippen MR) is 93.1 cm³/mol. The Morgan fingerprint density at radius 2 is 1.65 bits per heavy atom. The predicted octanol–water partition coefficient (Wildman–Crippen LogP) is 3.22. The first-order valence-corrected chi connectivity index (χ1v) is 7.57. The number of nitrogens with one attached hydrogen (secondary N) is 1. The average Bonchev–Trinajstić information content (AvgIpc) is 2.59. The molecule has 124 valence electrons. The van der Waals surface area contributed by atoms with Gasteiger partial charge >= 0.3 is 0 Å². The first-order valence-electron chi connectivity index (χ1n) is 7.57. The van der Waals surface area contributed by atoms with Crippen LogP contribution in [0.4, 0.5) is 0 Å². The lowest BCUT2D eigenvalue weighted by Gasteiger charge is -2.19. The van der Waals surface area contributed by atoms with Crippen LogP contribution in [0.2, 0.25) is 0 Å². The monoisotopic (exact) mass is 335 g/mol. The Labute approximate surface area is 143 Å². The molecule has 0 amide bonds. The first kappa shape index (κ1) is 17.4. The summed E-state index contributed by atoms with van der Waals surface area (Å²) in [6, 6.07) is 14.3. The molecule has 1 N–H and O–H groups in total. The maximum Gasteiger partial charge on any atom is 0.161 e. The highest BCUT2D eigenvalue weighted by molar-refractivity contribution is 5.85. The van der Waals surface area contributed by atoms with Gasteiger partial charge in [-0.05, 0) is 48.4 Å². The zero-order valence-corrected chi connectivity index (χ0v) is 14.0. The standard InChI is InChI=1S/C18H21NO3.ClH/c1-20-16-5-2-14(3-6-16)8-9-19-13-15-4-7-17-18(12-15)22-11-10-21-17;/h2-7,12,19H,8-11,13H2,1H3;1H. The van der Waals surface area contributed by atoms with Crippen LogP contribution in [-0.2, 0) is 13.0 Å². The normalized spacial score (nSPS) is 12.4. The zero-order valence-electron chi connectivity index (χ0n) is 13.2. The summed E-state index contributed by atoms with van der Waals surface area (Å²) in [5.74, 6) is 2.59. The minimum Gasteiger partial charge on any atom is -0.497 e. The molecule has 5 heteroatoms. The molecule has 3 rings (SSSR count). The van der Waals surface area contributed by atoms with Gasteiger partial charge in [0.05, 0.1) is 7.11 Å². The second-order valence-electron chi connectivity index (χ2n) is 5.25. The number of rotatable bonds is 6. The molecule has 2 aromatic rings. The highest BCUT2D eigenvalue weighted by atomic mass is 35.5. The van der Waals surface area contributed by atoms with Crippen LogP contribution < -0.4 is 19.5 Å². The molecule has 2 aromatic carbocycles.